The fraction of sp³-hybridized carbons (Fsp3) is 0.500. The normalized spacial score (nSPS) is 20.9. The van der Waals surface area contributed by atoms with E-state index >= 15 is 0 Å². The van der Waals surface area contributed by atoms with E-state index < -0.39 is 15.8 Å². The maximum atomic E-state index is 12.7. The molecule has 23 heavy (non-hydrogen) atoms. The highest BCUT2D eigenvalue weighted by Gasteiger charge is 2.41. The molecule has 0 unspecified atom stereocenters. The molecule has 0 bridgehead atoms. The van der Waals surface area contributed by atoms with Crippen molar-refractivity contribution in [3.63, 3.8) is 0 Å². The first kappa shape index (κ1) is 16.8. The van der Waals surface area contributed by atoms with Gasteiger partial charge in [-0.1, -0.05) is 0 Å². The number of piperidine rings is 1. The van der Waals surface area contributed by atoms with Crippen LogP contribution in [0.5, 0.6) is 0 Å². The Kier molecular flexibility index (Phi) is 4.49. The first-order valence-electron chi connectivity index (χ1n) is 7.20. The third-order valence-electron chi connectivity index (χ3n) is 4.12. The van der Waals surface area contributed by atoms with Gasteiger partial charge in [-0.25, -0.2) is 13.6 Å². The van der Waals surface area contributed by atoms with Gasteiger partial charge in [0.05, 0.1) is 23.7 Å². The van der Waals surface area contributed by atoms with Crippen LogP contribution in [0.15, 0.2) is 27.6 Å². The molecule has 126 valence electrons. The molecular formula is C14H17BrN2O5S. The zero-order chi connectivity index (χ0) is 16.7. The molecule has 1 amide bonds. The summed E-state index contributed by atoms with van der Waals surface area (Å²) in [7, 11) is -3.86. The zero-order valence-electron chi connectivity index (χ0n) is 12.3. The molecule has 2 N–H and O–H groups in total. The van der Waals surface area contributed by atoms with Crippen molar-refractivity contribution in [2.45, 2.75) is 23.5 Å². The Bertz CT molecular complexity index is 721. The van der Waals surface area contributed by atoms with Crippen LogP contribution < -0.4 is 5.14 Å². The van der Waals surface area contributed by atoms with Gasteiger partial charge in [0.2, 0.25) is 10.0 Å². The quantitative estimate of drug-likeness (QED) is 0.794. The fourth-order valence-corrected chi connectivity index (χ4v) is 3.81. The van der Waals surface area contributed by atoms with E-state index in [1.807, 2.05) is 0 Å². The molecule has 0 aliphatic carbocycles. The number of primary sulfonamides is 1. The van der Waals surface area contributed by atoms with E-state index in [4.69, 9.17) is 14.6 Å². The fourth-order valence-electron chi connectivity index (χ4n) is 2.85. The predicted octanol–water partition coefficient (Wildman–Crippen LogP) is 1.08. The number of carbonyl (C=O) groups excluding carboxylic acids is 1. The molecule has 2 aliphatic rings. The summed E-state index contributed by atoms with van der Waals surface area (Å²) < 4.78 is 34.7. The molecule has 1 aromatic carbocycles. The molecule has 1 aromatic rings. The predicted molar refractivity (Wildman–Crippen MR) is 85.3 cm³/mol. The molecule has 2 fully saturated rings. The lowest BCUT2D eigenvalue weighted by atomic mass is 10.0. The van der Waals surface area contributed by atoms with Crippen molar-refractivity contribution in [2.75, 3.05) is 26.3 Å². The zero-order valence-corrected chi connectivity index (χ0v) is 14.7. The number of rotatable bonds is 2. The topological polar surface area (TPSA) is 98.9 Å². The van der Waals surface area contributed by atoms with Gasteiger partial charge in [-0.05, 0) is 34.1 Å². The summed E-state index contributed by atoms with van der Waals surface area (Å²) in [6, 6.07) is 4.18. The lowest BCUT2D eigenvalue weighted by molar-refractivity contribution is -0.181. The van der Waals surface area contributed by atoms with E-state index in [-0.39, 0.29) is 16.4 Å². The van der Waals surface area contributed by atoms with Crippen LogP contribution in [0.1, 0.15) is 23.2 Å². The third-order valence-corrected chi connectivity index (χ3v) is 5.73. The molecule has 0 atom stereocenters. The number of sulfonamides is 1. The molecular weight excluding hydrogens is 388 g/mol. The highest BCUT2D eigenvalue weighted by Crippen LogP contribution is 2.32. The number of hydrogen-bond acceptors (Lipinski definition) is 5. The van der Waals surface area contributed by atoms with Gasteiger partial charge in [0.15, 0.2) is 5.79 Å². The average Bonchev–Trinajstić information content (AvgIpc) is 2.95. The Morgan fingerprint density at radius 2 is 1.83 bits per heavy atom. The van der Waals surface area contributed by atoms with Gasteiger partial charge in [0.1, 0.15) is 0 Å². The molecule has 2 saturated heterocycles. The second-order valence-corrected chi connectivity index (χ2v) is 8.00. The largest absolute Gasteiger partial charge is 0.347 e. The van der Waals surface area contributed by atoms with Gasteiger partial charge < -0.3 is 14.4 Å². The number of likely N-dealkylation sites (tertiary alicyclic amines) is 1. The van der Waals surface area contributed by atoms with Crippen LogP contribution in [-0.4, -0.2) is 51.3 Å². The molecule has 3 rings (SSSR count). The smallest absolute Gasteiger partial charge is 0.255 e. The number of ether oxygens (including phenoxy) is 2. The summed E-state index contributed by atoms with van der Waals surface area (Å²) in [5.41, 5.74) is 0.278. The van der Waals surface area contributed by atoms with Gasteiger partial charge in [-0.3, -0.25) is 4.79 Å². The summed E-state index contributed by atoms with van der Waals surface area (Å²) in [6.07, 6.45) is 1.20. The molecule has 0 saturated carbocycles. The van der Waals surface area contributed by atoms with Crippen LogP contribution in [-0.2, 0) is 19.5 Å². The Hall–Kier alpha value is -1.00. The highest BCUT2D eigenvalue weighted by atomic mass is 79.9. The first-order valence-corrected chi connectivity index (χ1v) is 9.54. The standard InChI is InChI=1S/C14H17BrN2O5S/c15-12-2-1-10(23(16,19)20)9-11(12)13(18)17-5-3-14(4-6-17)21-7-8-22-14/h1-2,9H,3-8H2,(H2,16,19,20). The summed E-state index contributed by atoms with van der Waals surface area (Å²) >= 11 is 3.29. The van der Waals surface area contributed by atoms with Crippen LogP contribution >= 0.6 is 15.9 Å². The maximum Gasteiger partial charge on any atom is 0.255 e. The minimum atomic E-state index is -3.86. The number of halogens is 1. The molecule has 9 heteroatoms. The second kappa shape index (κ2) is 6.14. The van der Waals surface area contributed by atoms with Crippen LogP contribution in [0.2, 0.25) is 0 Å². The number of nitrogens with two attached hydrogens (primary N) is 1. The molecule has 0 aromatic heterocycles. The van der Waals surface area contributed by atoms with Crippen LogP contribution in [0.25, 0.3) is 0 Å². The molecule has 0 radical (unpaired) electrons. The van der Waals surface area contributed by atoms with Crippen LogP contribution in [0.4, 0.5) is 0 Å². The van der Waals surface area contributed by atoms with E-state index in [0.717, 1.165) is 0 Å². The molecule has 2 heterocycles. The van der Waals surface area contributed by atoms with Crippen LogP contribution in [0.3, 0.4) is 0 Å². The van der Waals surface area contributed by atoms with E-state index in [1.54, 1.807) is 4.90 Å². The monoisotopic (exact) mass is 404 g/mol. The SMILES string of the molecule is NS(=O)(=O)c1ccc(Br)c(C(=O)N2CCC3(CC2)OCCO3)c1. The van der Waals surface area contributed by atoms with E-state index in [0.29, 0.717) is 43.6 Å². The minimum absolute atomic E-state index is 0.0833. The average molecular weight is 405 g/mol. The van der Waals surface area contributed by atoms with E-state index in [1.165, 1.54) is 18.2 Å². The van der Waals surface area contributed by atoms with Crippen molar-refractivity contribution in [3.8, 4) is 0 Å². The Morgan fingerprint density at radius 1 is 1.22 bits per heavy atom. The summed E-state index contributed by atoms with van der Waals surface area (Å²) in [5.74, 6) is -0.800. The van der Waals surface area contributed by atoms with Crippen molar-refractivity contribution >= 4 is 31.9 Å². The Balaban J connectivity index is 1.78. The molecule has 1 spiro atoms. The van der Waals surface area contributed by atoms with Gasteiger partial charge in [-0.2, -0.15) is 0 Å². The van der Waals surface area contributed by atoms with Crippen molar-refractivity contribution in [2.24, 2.45) is 5.14 Å². The summed E-state index contributed by atoms with van der Waals surface area (Å²) in [6.45, 7) is 2.14. The van der Waals surface area contributed by atoms with Gasteiger partial charge in [0, 0.05) is 30.4 Å². The molecule has 7 nitrogen and oxygen atoms in total. The third kappa shape index (κ3) is 3.43. The first-order chi connectivity index (χ1) is 10.8. The van der Waals surface area contributed by atoms with Crippen molar-refractivity contribution < 1.29 is 22.7 Å². The summed E-state index contributed by atoms with van der Waals surface area (Å²) in [4.78, 5) is 14.3. The minimum Gasteiger partial charge on any atom is -0.347 e. The maximum absolute atomic E-state index is 12.7. The number of carbonyl (C=O) groups is 1. The van der Waals surface area contributed by atoms with Crippen molar-refractivity contribution in [3.05, 3.63) is 28.2 Å². The number of nitrogens with zero attached hydrogens (tertiary/aromatic N) is 1. The molecule has 2 aliphatic heterocycles. The van der Waals surface area contributed by atoms with Gasteiger partial charge in [-0.15, -0.1) is 0 Å². The van der Waals surface area contributed by atoms with Crippen molar-refractivity contribution in [1.29, 1.82) is 0 Å². The van der Waals surface area contributed by atoms with Crippen LogP contribution in [0, 0.1) is 0 Å². The van der Waals surface area contributed by atoms with Crippen molar-refractivity contribution in [1.82, 2.24) is 4.90 Å². The number of hydrogen-bond donors (Lipinski definition) is 1. The number of amides is 1. The summed E-state index contributed by atoms with van der Waals surface area (Å²) in [5, 5.41) is 5.13. The van der Waals surface area contributed by atoms with Gasteiger partial charge >= 0.3 is 0 Å². The number of benzene rings is 1. The van der Waals surface area contributed by atoms with E-state index in [2.05, 4.69) is 15.9 Å². The van der Waals surface area contributed by atoms with E-state index in [9.17, 15) is 13.2 Å². The second-order valence-electron chi connectivity index (χ2n) is 5.59. The Morgan fingerprint density at radius 3 is 2.39 bits per heavy atom. The van der Waals surface area contributed by atoms with Gasteiger partial charge in [0.25, 0.3) is 5.91 Å². The lowest BCUT2D eigenvalue weighted by Crippen LogP contribution is -2.47. The highest BCUT2D eigenvalue weighted by molar-refractivity contribution is 9.10. The lowest BCUT2D eigenvalue weighted by Gasteiger charge is -2.37. The Labute approximate surface area is 142 Å².